The summed E-state index contributed by atoms with van der Waals surface area (Å²) in [5.41, 5.74) is 5.66. The van der Waals surface area contributed by atoms with Crippen molar-refractivity contribution >= 4 is 32.9 Å². The van der Waals surface area contributed by atoms with Crippen molar-refractivity contribution in [3.05, 3.63) is 52.3 Å². The molecule has 0 atom stereocenters. The van der Waals surface area contributed by atoms with E-state index in [1.807, 2.05) is 0 Å². The van der Waals surface area contributed by atoms with Crippen molar-refractivity contribution in [1.29, 1.82) is 0 Å². The Morgan fingerprint density at radius 2 is 1.80 bits per heavy atom. The van der Waals surface area contributed by atoms with Gasteiger partial charge < -0.3 is 5.73 Å². The average Bonchev–Trinajstić information content (AvgIpc) is 2.72. The van der Waals surface area contributed by atoms with Gasteiger partial charge in [-0.25, -0.2) is 18.2 Å². The Bertz CT molecular complexity index is 829. The third kappa shape index (κ3) is 1.85. The van der Waals surface area contributed by atoms with Crippen LogP contribution in [-0.2, 0) is 0 Å². The summed E-state index contributed by atoms with van der Waals surface area (Å²) in [5, 5.41) is 0. The second-order valence-corrected chi connectivity index (χ2v) is 5.05. The van der Waals surface area contributed by atoms with Crippen LogP contribution in [0.25, 0.3) is 16.7 Å². The Hall–Kier alpha value is -2.02. The molecule has 0 amide bonds. The lowest BCUT2D eigenvalue weighted by atomic mass is 10.2. The number of halogens is 4. The number of hydrogen-bond donors (Lipinski definition) is 1. The third-order valence-electron chi connectivity index (χ3n) is 2.89. The summed E-state index contributed by atoms with van der Waals surface area (Å²) < 4.78 is 42.9. The van der Waals surface area contributed by atoms with E-state index in [-0.39, 0.29) is 22.7 Å². The summed E-state index contributed by atoms with van der Waals surface area (Å²) in [6.07, 6.45) is 0. The number of fused-ring (bicyclic) bond motifs is 1. The van der Waals surface area contributed by atoms with E-state index in [9.17, 15) is 13.2 Å². The predicted octanol–water partition coefficient (Wildman–Crippen LogP) is 3.79. The molecule has 0 bridgehead atoms. The van der Waals surface area contributed by atoms with Crippen LogP contribution < -0.4 is 5.73 Å². The maximum Gasteiger partial charge on any atom is 0.206 e. The van der Waals surface area contributed by atoms with Gasteiger partial charge in [0.05, 0.1) is 11.2 Å². The molecule has 2 N–H and O–H groups in total. The molecule has 3 rings (SSSR count). The molecule has 0 spiro atoms. The Balaban J connectivity index is 2.41. The molecule has 1 heterocycles. The van der Waals surface area contributed by atoms with Gasteiger partial charge in [0.25, 0.3) is 0 Å². The number of hydrogen-bond acceptors (Lipinski definition) is 2. The molecule has 0 aliphatic carbocycles. The second kappa shape index (κ2) is 4.52. The van der Waals surface area contributed by atoms with Crippen LogP contribution in [0.3, 0.4) is 0 Å². The van der Waals surface area contributed by atoms with Gasteiger partial charge in [0, 0.05) is 4.47 Å². The van der Waals surface area contributed by atoms with Crippen LogP contribution in [0.1, 0.15) is 0 Å². The molecule has 0 unspecified atom stereocenters. The van der Waals surface area contributed by atoms with E-state index in [1.165, 1.54) is 18.2 Å². The van der Waals surface area contributed by atoms with Crippen LogP contribution in [0.2, 0.25) is 0 Å². The van der Waals surface area contributed by atoms with Crippen molar-refractivity contribution in [3.63, 3.8) is 0 Å². The average molecular weight is 342 g/mol. The van der Waals surface area contributed by atoms with Gasteiger partial charge >= 0.3 is 0 Å². The molecule has 0 aliphatic rings. The highest BCUT2D eigenvalue weighted by Gasteiger charge is 2.19. The summed E-state index contributed by atoms with van der Waals surface area (Å²) in [6, 6.07) is 6.42. The normalized spacial score (nSPS) is 11.2. The minimum absolute atomic E-state index is 0.00213. The summed E-state index contributed by atoms with van der Waals surface area (Å²) >= 11 is 3.12. The minimum atomic E-state index is -1.12. The first kappa shape index (κ1) is 13.0. The zero-order valence-corrected chi connectivity index (χ0v) is 11.5. The van der Waals surface area contributed by atoms with Gasteiger partial charge in [-0.05, 0) is 30.3 Å². The van der Waals surface area contributed by atoms with Crippen LogP contribution in [0, 0.1) is 17.5 Å². The van der Waals surface area contributed by atoms with Gasteiger partial charge in [-0.2, -0.15) is 0 Å². The highest BCUT2D eigenvalue weighted by Crippen LogP contribution is 2.29. The van der Waals surface area contributed by atoms with E-state index < -0.39 is 17.5 Å². The largest absolute Gasteiger partial charge is 0.369 e. The molecular weight excluding hydrogens is 335 g/mol. The SMILES string of the molecule is Nc1nc2ccc(F)c(F)c2n1-c1ccc(Br)cc1F. The first-order chi connectivity index (χ1) is 9.49. The van der Waals surface area contributed by atoms with Crippen molar-refractivity contribution in [2.45, 2.75) is 0 Å². The lowest BCUT2D eigenvalue weighted by Gasteiger charge is -2.08. The molecule has 1 aromatic heterocycles. The molecule has 0 aliphatic heterocycles. The van der Waals surface area contributed by atoms with Crippen LogP contribution in [0.4, 0.5) is 19.1 Å². The Morgan fingerprint density at radius 3 is 2.50 bits per heavy atom. The van der Waals surface area contributed by atoms with Gasteiger partial charge in [-0.1, -0.05) is 15.9 Å². The predicted molar refractivity (Wildman–Crippen MR) is 73.1 cm³/mol. The highest BCUT2D eigenvalue weighted by molar-refractivity contribution is 9.10. The Labute approximate surface area is 120 Å². The van der Waals surface area contributed by atoms with Gasteiger partial charge in [0.2, 0.25) is 5.95 Å². The fraction of sp³-hybridized carbons (Fsp3) is 0. The summed E-state index contributed by atoms with van der Waals surface area (Å²) in [6.45, 7) is 0. The molecule has 102 valence electrons. The monoisotopic (exact) mass is 341 g/mol. The number of anilines is 1. The molecule has 20 heavy (non-hydrogen) atoms. The zero-order chi connectivity index (χ0) is 14.4. The molecule has 2 aromatic carbocycles. The van der Waals surface area contributed by atoms with Crippen molar-refractivity contribution in [2.24, 2.45) is 0 Å². The fourth-order valence-electron chi connectivity index (χ4n) is 2.03. The standard InChI is InChI=1S/C13H7BrF3N3/c14-6-1-4-10(8(16)5-6)20-12-9(19-13(20)18)3-2-7(15)11(12)17/h1-5H,(H2,18,19). The van der Waals surface area contributed by atoms with Gasteiger partial charge in [0.15, 0.2) is 11.6 Å². The maximum atomic E-state index is 14.0. The maximum absolute atomic E-state index is 14.0. The van der Waals surface area contributed by atoms with Crippen LogP contribution in [0.15, 0.2) is 34.8 Å². The van der Waals surface area contributed by atoms with Crippen LogP contribution in [0.5, 0.6) is 0 Å². The second-order valence-electron chi connectivity index (χ2n) is 4.13. The van der Waals surface area contributed by atoms with Gasteiger partial charge in [-0.3, -0.25) is 4.57 Å². The van der Waals surface area contributed by atoms with Crippen LogP contribution in [-0.4, -0.2) is 9.55 Å². The van der Waals surface area contributed by atoms with E-state index in [1.54, 1.807) is 6.07 Å². The summed E-state index contributed by atoms with van der Waals surface area (Å²) in [7, 11) is 0. The Kier molecular flexibility index (Phi) is 2.93. The summed E-state index contributed by atoms with van der Waals surface area (Å²) in [4.78, 5) is 3.91. The van der Waals surface area contributed by atoms with Crippen molar-refractivity contribution in [3.8, 4) is 5.69 Å². The lowest BCUT2D eigenvalue weighted by Crippen LogP contribution is -2.04. The number of aromatic nitrogens is 2. The fourth-order valence-corrected chi connectivity index (χ4v) is 2.36. The number of rotatable bonds is 1. The van der Waals surface area contributed by atoms with Gasteiger partial charge in [-0.15, -0.1) is 0 Å². The van der Waals surface area contributed by atoms with E-state index in [0.717, 1.165) is 10.6 Å². The molecule has 7 heteroatoms. The van der Waals surface area contributed by atoms with E-state index >= 15 is 0 Å². The van der Waals surface area contributed by atoms with E-state index in [0.29, 0.717) is 4.47 Å². The molecule has 3 nitrogen and oxygen atoms in total. The number of nitrogen functional groups attached to an aromatic ring is 1. The lowest BCUT2D eigenvalue weighted by molar-refractivity contribution is 0.514. The topological polar surface area (TPSA) is 43.8 Å². The van der Waals surface area contributed by atoms with Gasteiger partial charge in [0.1, 0.15) is 11.3 Å². The first-order valence-corrected chi connectivity index (χ1v) is 6.35. The first-order valence-electron chi connectivity index (χ1n) is 5.56. The molecular formula is C13H7BrF3N3. The third-order valence-corrected chi connectivity index (χ3v) is 3.38. The highest BCUT2D eigenvalue weighted by atomic mass is 79.9. The molecule has 0 saturated carbocycles. The van der Waals surface area contributed by atoms with Crippen molar-refractivity contribution < 1.29 is 13.2 Å². The minimum Gasteiger partial charge on any atom is -0.369 e. The smallest absolute Gasteiger partial charge is 0.206 e. The Morgan fingerprint density at radius 1 is 1.05 bits per heavy atom. The van der Waals surface area contributed by atoms with Crippen LogP contribution >= 0.6 is 15.9 Å². The molecule has 0 saturated heterocycles. The van der Waals surface area contributed by atoms with E-state index in [2.05, 4.69) is 20.9 Å². The molecule has 3 aromatic rings. The summed E-state index contributed by atoms with van der Waals surface area (Å²) in [5.74, 6) is -2.91. The zero-order valence-electron chi connectivity index (χ0n) is 9.87. The van der Waals surface area contributed by atoms with Crippen molar-refractivity contribution in [1.82, 2.24) is 9.55 Å². The number of nitrogens with two attached hydrogens (primary N) is 1. The number of nitrogens with zero attached hydrogens (tertiary/aromatic N) is 2. The van der Waals surface area contributed by atoms with Crippen molar-refractivity contribution in [2.75, 3.05) is 5.73 Å². The number of imidazole rings is 1. The van der Waals surface area contributed by atoms with E-state index in [4.69, 9.17) is 5.73 Å². The quantitative estimate of drug-likeness (QED) is 0.731. The molecule has 0 radical (unpaired) electrons. The number of benzene rings is 2. The molecule has 0 fully saturated rings.